The van der Waals surface area contributed by atoms with Crippen LogP contribution in [0.2, 0.25) is 0 Å². The highest BCUT2D eigenvalue weighted by Gasteiger charge is 2.61. The quantitative estimate of drug-likeness (QED) is 0.491. The summed E-state index contributed by atoms with van der Waals surface area (Å²) in [7, 11) is 1.36. The Balaban J connectivity index is 2.17. The van der Waals surface area contributed by atoms with Crippen LogP contribution in [0.3, 0.4) is 0 Å². The van der Waals surface area contributed by atoms with Crippen molar-refractivity contribution >= 4 is 0 Å². The van der Waals surface area contributed by atoms with E-state index >= 15 is 0 Å². The van der Waals surface area contributed by atoms with Crippen molar-refractivity contribution in [3.05, 3.63) is 83.4 Å². The molecule has 4 nitrogen and oxygen atoms in total. The van der Waals surface area contributed by atoms with Gasteiger partial charge in [-0.3, -0.25) is 5.10 Å². The second-order valence-corrected chi connectivity index (χ2v) is 8.17. The minimum atomic E-state index is -5.01. The molecule has 0 spiro atoms. The Bertz CT molecular complexity index is 1000. The maximum absolute atomic E-state index is 14.5. The third-order valence-electron chi connectivity index (χ3n) is 5.52. The molecule has 0 bridgehead atoms. The SMILES string of the molecule is COc1ccc(F)cc1C(C)(C)CC(O)(C(c1ccccc1)c1cc[nH]n1)C(F)(F)F. The fraction of sp³-hybridized carbons (Fsp3) is 0.348. The van der Waals surface area contributed by atoms with E-state index in [9.17, 15) is 22.7 Å². The lowest BCUT2D eigenvalue weighted by atomic mass is 9.68. The van der Waals surface area contributed by atoms with Gasteiger partial charge in [-0.05, 0) is 41.7 Å². The molecule has 2 unspecified atom stereocenters. The first-order valence-corrected chi connectivity index (χ1v) is 9.67. The van der Waals surface area contributed by atoms with Crippen molar-refractivity contribution in [3.63, 3.8) is 0 Å². The zero-order valence-electron chi connectivity index (χ0n) is 17.4. The number of alkyl halides is 3. The number of hydrogen-bond donors (Lipinski definition) is 2. The monoisotopic (exact) mass is 436 g/mol. The van der Waals surface area contributed by atoms with Crippen LogP contribution in [-0.4, -0.2) is 34.2 Å². The van der Waals surface area contributed by atoms with Crippen LogP contribution >= 0.6 is 0 Å². The molecule has 0 saturated heterocycles. The number of rotatable bonds is 7. The highest BCUT2D eigenvalue weighted by Crippen LogP contribution is 2.51. The Labute approximate surface area is 177 Å². The molecule has 166 valence electrons. The molecule has 0 aliphatic rings. The second kappa shape index (κ2) is 8.34. The number of nitrogens with zero attached hydrogens (tertiary/aromatic N) is 1. The minimum absolute atomic E-state index is 0.0491. The zero-order chi connectivity index (χ0) is 22.9. The van der Waals surface area contributed by atoms with Crippen LogP contribution in [0.15, 0.2) is 60.8 Å². The lowest BCUT2D eigenvalue weighted by Gasteiger charge is -2.42. The summed E-state index contributed by atoms with van der Waals surface area (Å²) >= 11 is 0. The summed E-state index contributed by atoms with van der Waals surface area (Å²) in [6, 6.07) is 13.0. The maximum atomic E-state index is 14.5. The Morgan fingerprint density at radius 1 is 1.06 bits per heavy atom. The van der Waals surface area contributed by atoms with Gasteiger partial charge >= 0.3 is 6.18 Å². The van der Waals surface area contributed by atoms with E-state index in [0.717, 1.165) is 6.07 Å². The van der Waals surface area contributed by atoms with Crippen LogP contribution in [0, 0.1) is 5.82 Å². The molecule has 3 rings (SSSR count). The summed E-state index contributed by atoms with van der Waals surface area (Å²) < 4.78 is 62.9. The van der Waals surface area contributed by atoms with Gasteiger partial charge in [-0.2, -0.15) is 18.3 Å². The first kappa shape index (κ1) is 22.8. The van der Waals surface area contributed by atoms with Gasteiger partial charge in [-0.15, -0.1) is 0 Å². The normalized spacial score (nSPS) is 15.4. The van der Waals surface area contributed by atoms with Crippen molar-refractivity contribution in [3.8, 4) is 5.75 Å². The average molecular weight is 436 g/mol. The molecular weight excluding hydrogens is 412 g/mol. The molecule has 0 amide bonds. The van der Waals surface area contributed by atoms with Gasteiger partial charge in [0.2, 0.25) is 0 Å². The first-order valence-electron chi connectivity index (χ1n) is 9.67. The van der Waals surface area contributed by atoms with Crippen LogP contribution in [0.1, 0.15) is 43.0 Å². The summed E-state index contributed by atoms with van der Waals surface area (Å²) in [5.41, 5.74) is -3.97. The van der Waals surface area contributed by atoms with Crippen LogP contribution < -0.4 is 4.74 Å². The predicted octanol–water partition coefficient (Wildman–Crippen LogP) is 5.35. The maximum Gasteiger partial charge on any atom is 0.418 e. The van der Waals surface area contributed by atoms with Gasteiger partial charge in [-0.25, -0.2) is 4.39 Å². The largest absolute Gasteiger partial charge is 0.496 e. The molecule has 1 heterocycles. The van der Waals surface area contributed by atoms with Crippen molar-refractivity contribution in [1.29, 1.82) is 0 Å². The van der Waals surface area contributed by atoms with Gasteiger partial charge in [0.15, 0.2) is 5.60 Å². The van der Waals surface area contributed by atoms with E-state index in [1.807, 2.05) is 0 Å². The van der Waals surface area contributed by atoms with Gasteiger partial charge in [0.25, 0.3) is 0 Å². The number of halogens is 4. The van der Waals surface area contributed by atoms with Gasteiger partial charge in [0.1, 0.15) is 11.6 Å². The molecule has 2 N–H and O–H groups in total. The standard InChI is InChI=1S/C23H24F4N2O2/c1-21(2,17-13-16(24)9-10-19(17)31-3)14-22(30,23(25,26)27)20(18-11-12-28-29-18)15-7-5-4-6-8-15/h4-13,20,30H,14H2,1-3H3,(H,28,29). The van der Waals surface area contributed by atoms with Gasteiger partial charge in [0.05, 0.1) is 18.7 Å². The van der Waals surface area contributed by atoms with E-state index in [2.05, 4.69) is 10.2 Å². The Morgan fingerprint density at radius 3 is 2.29 bits per heavy atom. The van der Waals surface area contributed by atoms with Crippen molar-refractivity contribution in [2.24, 2.45) is 0 Å². The number of aromatic amines is 1. The Hall–Kier alpha value is -2.87. The summed E-state index contributed by atoms with van der Waals surface area (Å²) in [4.78, 5) is 0. The number of hydrogen-bond acceptors (Lipinski definition) is 3. The number of aromatic nitrogens is 2. The summed E-state index contributed by atoms with van der Waals surface area (Å²) in [6.45, 7) is 3.04. The number of ether oxygens (including phenoxy) is 1. The number of methoxy groups -OCH3 is 1. The third-order valence-corrected chi connectivity index (χ3v) is 5.52. The average Bonchev–Trinajstić information content (AvgIpc) is 3.22. The van der Waals surface area contributed by atoms with E-state index in [1.54, 1.807) is 18.2 Å². The first-order chi connectivity index (χ1) is 14.5. The third kappa shape index (κ3) is 4.44. The van der Waals surface area contributed by atoms with Crippen molar-refractivity contribution in [2.45, 2.75) is 43.4 Å². The van der Waals surface area contributed by atoms with E-state index < -0.39 is 35.3 Å². The fourth-order valence-electron chi connectivity index (χ4n) is 4.11. The molecule has 0 aliphatic carbocycles. The molecule has 8 heteroatoms. The van der Waals surface area contributed by atoms with E-state index in [1.165, 1.54) is 57.5 Å². The molecule has 31 heavy (non-hydrogen) atoms. The van der Waals surface area contributed by atoms with Crippen LogP contribution in [0.4, 0.5) is 17.6 Å². The van der Waals surface area contributed by atoms with E-state index in [4.69, 9.17) is 4.74 Å². The summed E-state index contributed by atoms with van der Waals surface area (Å²) in [5.74, 6) is -1.86. The molecule has 3 aromatic rings. The van der Waals surface area contributed by atoms with Crippen LogP contribution in [-0.2, 0) is 5.41 Å². The van der Waals surface area contributed by atoms with Gasteiger partial charge < -0.3 is 9.84 Å². The Kier molecular flexibility index (Phi) is 6.14. The predicted molar refractivity (Wildman–Crippen MR) is 108 cm³/mol. The molecule has 2 aromatic carbocycles. The van der Waals surface area contributed by atoms with Crippen molar-refractivity contribution in [1.82, 2.24) is 10.2 Å². The molecule has 0 aliphatic heterocycles. The Morgan fingerprint density at radius 2 is 1.74 bits per heavy atom. The minimum Gasteiger partial charge on any atom is -0.496 e. The van der Waals surface area contributed by atoms with E-state index in [-0.39, 0.29) is 22.6 Å². The van der Waals surface area contributed by atoms with Crippen molar-refractivity contribution < 1.29 is 27.4 Å². The highest BCUT2D eigenvalue weighted by atomic mass is 19.4. The number of H-pyrrole nitrogens is 1. The number of aliphatic hydroxyl groups is 1. The van der Waals surface area contributed by atoms with Gasteiger partial charge in [0, 0.05) is 11.8 Å². The topological polar surface area (TPSA) is 58.1 Å². The van der Waals surface area contributed by atoms with Crippen LogP contribution in [0.25, 0.3) is 0 Å². The summed E-state index contributed by atoms with van der Waals surface area (Å²) in [6.07, 6.45) is -4.36. The number of nitrogens with one attached hydrogen (secondary N) is 1. The van der Waals surface area contributed by atoms with Gasteiger partial charge in [-0.1, -0.05) is 44.2 Å². The van der Waals surface area contributed by atoms with Crippen molar-refractivity contribution in [2.75, 3.05) is 7.11 Å². The molecule has 1 aromatic heterocycles. The molecule has 0 saturated carbocycles. The lowest BCUT2D eigenvalue weighted by molar-refractivity contribution is -0.272. The number of benzene rings is 2. The summed E-state index contributed by atoms with van der Waals surface area (Å²) in [5, 5.41) is 17.8. The molecular formula is C23H24F4N2O2. The zero-order valence-corrected chi connectivity index (χ0v) is 17.4. The lowest BCUT2D eigenvalue weighted by Crippen LogP contribution is -2.54. The van der Waals surface area contributed by atoms with Crippen LogP contribution in [0.5, 0.6) is 5.75 Å². The highest BCUT2D eigenvalue weighted by molar-refractivity contribution is 5.41. The van der Waals surface area contributed by atoms with E-state index in [0.29, 0.717) is 0 Å². The smallest absolute Gasteiger partial charge is 0.418 e. The molecule has 2 atom stereocenters. The molecule has 0 radical (unpaired) electrons. The molecule has 0 fully saturated rings. The fourth-order valence-corrected chi connectivity index (χ4v) is 4.11. The second-order valence-electron chi connectivity index (χ2n) is 8.17.